The lowest BCUT2D eigenvalue weighted by atomic mass is 10.0. The molecule has 3 atom stereocenters. The molecule has 4 rings (SSSR count). The zero-order valence-electron chi connectivity index (χ0n) is 13.5. The molecule has 1 unspecified atom stereocenters. The standard InChI is InChI=1S/C19H24N2O2/c22-18-13-20(11-5-8-14-6-2-1-3-7-14)19(23)17-12-15-9-4-10-16(15)21(17)18/h1-3,6-7,15-17H,4-5,8-13H2/t15-,16-,17?/m0/s1. The van der Waals surface area contributed by atoms with E-state index in [0.29, 0.717) is 18.5 Å². The third-order valence-electron chi connectivity index (χ3n) is 5.79. The van der Waals surface area contributed by atoms with Crippen LogP contribution in [0.4, 0.5) is 0 Å². The summed E-state index contributed by atoms with van der Waals surface area (Å²) in [6.45, 7) is 0.979. The second kappa shape index (κ2) is 5.99. The number of hydrogen-bond acceptors (Lipinski definition) is 2. The lowest BCUT2D eigenvalue weighted by molar-refractivity contribution is -0.155. The molecule has 2 amide bonds. The molecule has 3 fully saturated rings. The fraction of sp³-hybridized carbons (Fsp3) is 0.579. The van der Waals surface area contributed by atoms with Crippen LogP contribution in [0.3, 0.4) is 0 Å². The van der Waals surface area contributed by atoms with E-state index in [4.69, 9.17) is 0 Å². The Hall–Kier alpha value is -1.84. The van der Waals surface area contributed by atoms with E-state index in [1.807, 2.05) is 23.1 Å². The maximum absolute atomic E-state index is 12.8. The second-order valence-electron chi connectivity index (χ2n) is 7.16. The zero-order valence-corrected chi connectivity index (χ0v) is 13.5. The van der Waals surface area contributed by atoms with Gasteiger partial charge in [0.05, 0.1) is 6.54 Å². The van der Waals surface area contributed by atoms with Crippen LogP contribution in [0.15, 0.2) is 30.3 Å². The molecule has 4 nitrogen and oxygen atoms in total. The normalized spacial score (nSPS) is 29.8. The minimum Gasteiger partial charge on any atom is -0.332 e. The molecule has 0 N–H and O–H groups in total. The van der Waals surface area contributed by atoms with Crippen LogP contribution in [0.1, 0.15) is 37.7 Å². The molecule has 2 heterocycles. The number of aryl methyl sites for hydroxylation is 1. The molecule has 1 saturated carbocycles. The van der Waals surface area contributed by atoms with Crippen molar-refractivity contribution in [2.75, 3.05) is 13.1 Å². The van der Waals surface area contributed by atoms with Crippen LogP contribution in [-0.4, -0.2) is 46.8 Å². The molecule has 122 valence electrons. The summed E-state index contributed by atoms with van der Waals surface area (Å²) in [5.74, 6) is 0.924. The highest BCUT2D eigenvalue weighted by Gasteiger charge is 2.52. The van der Waals surface area contributed by atoms with Gasteiger partial charge >= 0.3 is 0 Å². The highest BCUT2D eigenvalue weighted by Crippen LogP contribution is 2.42. The largest absolute Gasteiger partial charge is 0.332 e. The van der Waals surface area contributed by atoms with Crippen molar-refractivity contribution in [3.05, 3.63) is 35.9 Å². The Labute approximate surface area is 137 Å². The van der Waals surface area contributed by atoms with Crippen LogP contribution >= 0.6 is 0 Å². The molecule has 4 heteroatoms. The van der Waals surface area contributed by atoms with Gasteiger partial charge in [0.1, 0.15) is 6.04 Å². The number of nitrogens with zero attached hydrogens (tertiary/aromatic N) is 2. The smallest absolute Gasteiger partial charge is 0.245 e. The van der Waals surface area contributed by atoms with Crippen LogP contribution in [0.25, 0.3) is 0 Å². The minimum atomic E-state index is -0.164. The van der Waals surface area contributed by atoms with Gasteiger partial charge in [0.2, 0.25) is 11.8 Å². The van der Waals surface area contributed by atoms with Crippen molar-refractivity contribution in [1.29, 1.82) is 0 Å². The van der Waals surface area contributed by atoms with Gasteiger partial charge in [0.15, 0.2) is 0 Å². The SMILES string of the molecule is O=C1C2C[C@@H]3CCC[C@@H]3N2C(=O)CN1CCCc1ccccc1. The van der Waals surface area contributed by atoms with Crippen LogP contribution in [0.2, 0.25) is 0 Å². The fourth-order valence-corrected chi connectivity index (χ4v) is 4.71. The van der Waals surface area contributed by atoms with Gasteiger partial charge < -0.3 is 9.80 Å². The summed E-state index contributed by atoms with van der Waals surface area (Å²) in [6.07, 6.45) is 6.26. The maximum Gasteiger partial charge on any atom is 0.245 e. The van der Waals surface area contributed by atoms with E-state index < -0.39 is 0 Å². The third kappa shape index (κ3) is 2.64. The molecule has 1 aromatic carbocycles. The Kier molecular flexibility index (Phi) is 3.83. The van der Waals surface area contributed by atoms with E-state index in [1.165, 1.54) is 18.4 Å². The second-order valence-corrected chi connectivity index (χ2v) is 7.16. The molecular weight excluding hydrogens is 288 g/mol. The lowest BCUT2D eigenvalue weighted by Crippen LogP contribution is -2.59. The Bertz CT molecular complexity index is 601. The number of benzene rings is 1. The van der Waals surface area contributed by atoms with Gasteiger partial charge in [-0.1, -0.05) is 36.8 Å². The molecular formula is C19H24N2O2. The number of carbonyl (C=O) groups is 2. The molecule has 0 bridgehead atoms. The molecule has 1 aliphatic carbocycles. The van der Waals surface area contributed by atoms with Crippen molar-refractivity contribution in [2.45, 2.75) is 50.6 Å². The number of carbonyl (C=O) groups excluding carboxylic acids is 2. The third-order valence-corrected chi connectivity index (χ3v) is 5.79. The Morgan fingerprint density at radius 3 is 2.74 bits per heavy atom. The van der Waals surface area contributed by atoms with Gasteiger partial charge in [0, 0.05) is 12.6 Å². The monoisotopic (exact) mass is 312 g/mol. The first kappa shape index (κ1) is 14.7. The molecule has 1 aromatic rings. The molecule has 2 saturated heterocycles. The summed E-state index contributed by atoms with van der Waals surface area (Å²) < 4.78 is 0. The van der Waals surface area contributed by atoms with Crippen molar-refractivity contribution in [3.8, 4) is 0 Å². The van der Waals surface area contributed by atoms with Crippen molar-refractivity contribution in [3.63, 3.8) is 0 Å². The number of amides is 2. The predicted octanol–water partition coefficient (Wildman–Crippen LogP) is 2.23. The first-order chi connectivity index (χ1) is 11.2. The number of piperazine rings is 1. The van der Waals surface area contributed by atoms with E-state index in [1.54, 1.807) is 4.90 Å². The minimum absolute atomic E-state index is 0.164. The summed E-state index contributed by atoms with van der Waals surface area (Å²) in [5.41, 5.74) is 1.29. The molecule has 3 aliphatic rings. The Balaban J connectivity index is 1.38. The molecule has 23 heavy (non-hydrogen) atoms. The highest BCUT2D eigenvalue weighted by atomic mass is 16.2. The van der Waals surface area contributed by atoms with Crippen molar-refractivity contribution in [1.82, 2.24) is 9.80 Å². The van der Waals surface area contributed by atoms with Crippen molar-refractivity contribution >= 4 is 11.8 Å². The van der Waals surface area contributed by atoms with E-state index >= 15 is 0 Å². The predicted molar refractivity (Wildman–Crippen MR) is 87.7 cm³/mol. The van der Waals surface area contributed by atoms with Gasteiger partial charge in [-0.15, -0.1) is 0 Å². The Morgan fingerprint density at radius 1 is 1.09 bits per heavy atom. The van der Waals surface area contributed by atoms with E-state index in [0.717, 1.165) is 25.7 Å². The zero-order chi connectivity index (χ0) is 15.8. The first-order valence-electron chi connectivity index (χ1n) is 8.88. The summed E-state index contributed by atoms with van der Waals surface area (Å²) in [6, 6.07) is 10.5. The molecule has 0 radical (unpaired) electrons. The first-order valence-corrected chi connectivity index (χ1v) is 8.88. The van der Waals surface area contributed by atoms with Gasteiger partial charge in [-0.05, 0) is 43.6 Å². The van der Waals surface area contributed by atoms with Crippen molar-refractivity contribution < 1.29 is 9.59 Å². The number of rotatable bonds is 4. The van der Waals surface area contributed by atoms with Gasteiger partial charge in [-0.25, -0.2) is 0 Å². The maximum atomic E-state index is 12.8. The van der Waals surface area contributed by atoms with E-state index in [-0.39, 0.29) is 24.4 Å². The summed E-state index contributed by atoms with van der Waals surface area (Å²) in [7, 11) is 0. The van der Waals surface area contributed by atoms with Gasteiger partial charge in [-0.2, -0.15) is 0 Å². The van der Waals surface area contributed by atoms with Crippen LogP contribution in [0, 0.1) is 5.92 Å². The Morgan fingerprint density at radius 2 is 1.91 bits per heavy atom. The average Bonchev–Trinajstić information content (AvgIpc) is 3.14. The van der Waals surface area contributed by atoms with E-state index in [2.05, 4.69) is 12.1 Å². The highest BCUT2D eigenvalue weighted by molar-refractivity contribution is 5.95. The topological polar surface area (TPSA) is 40.6 Å². The molecule has 0 spiro atoms. The van der Waals surface area contributed by atoms with Crippen LogP contribution in [-0.2, 0) is 16.0 Å². The summed E-state index contributed by atoms with van der Waals surface area (Å²) >= 11 is 0. The molecule has 0 aromatic heterocycles. The summed E-state index contributed by atoms with van der Waals surface area (Å²) in [5, 5.41) is 0. The lowest BCUT2D eigenvalue weighted by Gasteiger charge is -2.39. The fourth-order valence-electron chi connectivity index (χ4n) is 4.71. The van der Waals surface area contributed by atoms with Crippen LogP contribution < -0.4 is 0 Å². The molecule has 2 aliphatic heterocycles. The number of fused-ring (bicyclic) bond motifs is 3. The quantitative estimate of drug-likeness (QED) is 0.855. The average molecular weight is 312 g/mol. The summed E-state index contributed by atoms with van der Waals surface area (Å²) in [4.78, 5) is 29.0. The number of hydrogen-bond donors (Lipinski definition) is 0. The van der Waals surface area contributed by atoms with Gasteiger partial charge in [-0.3, -0.25) is 9.59 Å². The van der Waals surface area contributed by atoms with Crippen molar-refractivity contribution in [2.24, 2.45) is 5.92 Å². The van der Waals surface area contributed by atoms with Gasteiger partial charge in [0.25, 0.3) is 0 Å². The van der Waals surface area contributed by atoms with Crippen LogP contribution in [0.5, 0.6) is 0 Å². The van der Waals surface area contributed by atoms with E-state index in [9.17, 15) is 9.59 Å².